The van der Waals surface area contributed by atoms with Crippen LogP contribution in [0.15, 0.2) is 42.5 Å². The van der Waals surface area contributed by atoms with Gasteiger partial charge >= 0.3 is 6.18 Å². The van der Waals surface area contributed by atoms with Gasteiger partial charge in [0.15, 0.2) is 0 Å². The minimum Gasteiger partial charge on any atom is -0.354 e. The van der Waals surface area contributed by atoms with Gasteiger partial charge in [-0.3, -0.25) is 9.69 Å². The number of hydrogen-bond acceptors (Lipinski definition) is 3. The van der Waals surface area contributed by atoms with Crippen molar-refractivity contribution in [3.8, 4) is 0 Å². The highest BCUT2D eigenvalue weighted by Crippen LogP contribution is 2.49. The van der Waals surface area contributed by atoms with E-state index in [9.17, 15) is 18.0 Å². The van der Waals surface area contributed by atoms with Gasteiger partial charge < -0.3 is 10.6 Å². The van der Waals surface area contributed by atoms with E-state index in [0.29, 0.717) is 32.6 Å². The van der Waals surface area contributed by atoms with Crippen LogP contribution in [0.1, 0.15) is 17.9 Å². The normalized spacial score (nSPS) is 24.1. The minimum absolute atomic E-state index is 0.0784. The molecule has 2 aromatic rings. The van der Waals surface area contributed by atoms with E-state index in [2.05, 4.69) is 10.6 Å². The largest absolute Gasteiger partial charge is 0.405 e. The number of piperazine rings is 1. The Hall–Kier alpha value is -2.12. The summed E-state index contributed by atoms with van der Waals surface area (Å²) in [7, 11) is 0. The molecule has 0 spiro atoms. The molecule has 0 bridgehead atoms. The van der Waals surface area contributed by atoms with Crippen LogP contribution in [-0.4, -0.2) is 55.7 Å². The molecule has 1 saturated heterocycles. The standard InChI is InChI=1S/C21H24F3N3O/c22-21(23,24)19(27-10-8-25-9-11-27)13-26-20(28)18-12-17(18)16-7-3-5-14-4-1-2-6-15(14)16/h1-7,17-19,25H,8-13H2,(H,26,28). The summed E-state index contributed by atoms with van der Waals surface area (Å²) in [4.78, 5) is 13.9. The molecule has 3 unspecified atom stereocenters. The van der Waals surface area contributed by atoms with Crippen molar-refractivity contribution in [3.05, 3.63) is 48.0 Å². The van der Waals surface area contributed by atoms with Crippen LogP contribution in [0.25, 0.3) is 10.8 Å². The molecule has 3 atom stereocenters. The lowest BCUT2D eigenvalue weighted by molar-refractivity contribution is -0.184. The Morgan fingerprint density at radius 2 is 1.86 bits per heavy atom. The number of nitrogens with zero attached hydrogens (tertiary/aromatic N) is 1. The molecule has 0 radical (unpaired) electrons. The van der Waals surface area contributed by atoms with Crippen molar-refractivity contribution in [2.45, 2.75) is 24.6 Å². The lowest BCUT2D eigenvalue weighted by atomic mass is 10.00. The summed E-state index contributed by atoms with van der Waals surface area (Å²) in [6.45, 7) is 1.35. The lowest BCUT2D eigenvalue weighted by Gasteiger charge is -2.35. The number of hydrogen-bond donors (Lipinski definition) is 2. The van der Waals surface area contributed by atoms with Gasteiger partial charge in [-0.05, 0) is 28.7 Å². The van der Waals surface area contributed by atoms with Crippen LogP contribution < -0.4 is 10.6 Å². The molecule has 1 saturated carbocycles. The van der Waals surface area contributed by atoms with Crippen molar-refractivity contribution in [1.82, 2.24) is 15.5 Å². The summed E-state index contributed by atoms with van der Waals surface area (Å²) in [6.07, 6.45) is -3.67. The van der Waals surface area contributed by atoms with Crippen LogP contribution in [0, 0.1) is 5.92 Å². The molecule has 150 valence electrons. The van der Waals surface area contributed by atoms with Gasteiger partial charge in [-0.1, -0.05) is 42.5 Å². The third-order valence-corrected chi connectivity index (χ3v) is 5.79. The minimum atomic E-state index is -4.36. The van der Waals surface area contributed by atoms with Crippen LogP contribution in [0.3, 0.4) is 0 Å². The van der Waals surface area contributed by atoms with Gasteiger partial charge in [0.1, 0.15) is 6.04 Å². The second-order valence-corrected chi connectivity index (χ2v) is 7.61. The van der Waals surface area contributed by atoms with E-state index in [4.69, 9.17) is 0 Å². The van der Waals surface area contributed by atoms with Gasteiger partial charge in [-0.25, -0.2) is 0 Å². The molecule has 4 nitrogen and oxygen atoms in total. The number of rotatable bonds is 5. The molecule has 1 aliphatic heterocycles. The molecule has 2 N–H and O–H groups in total. The van der Waals surface area contributed by atoms with Crippen LogP contribution in [-0.2, 0) is 4.79 Å². The van der Waals surface area contributed by atoms with Crippen molar-refractivity contribution in [2.24, 2.45) is 5.92 Å². The van der Waals surface area contributed by atoms with E-state index < -0.39 is 12.2 Å². The van der Waals surface area contributed by atoms with Crippen LogP contribution in [0.4, 0.5) is 13.2 Å². The summed E-state index contributed by atoms with van der Waals surface area (Å²) in [6, 6.07) is 12.4. The first-order valence-corrected chi connectivity index (χ1v) is 9.72. The predicted octanol–water partition coefficient (Wildman–Crippen LogP) is 2.90. The lowest BCUT2D eigenvalue weighted by Crippen LogP contribution is -2.57. The highest BCUT2D eigenvalue weighted by Gasteiger charge is 2.47. The summed E-state index contributed by atoms with van der Waals surface area (Å²) < 4.78 is 40.4. The van der Waals surface area contributed by atoms with Crippen LogP contribution in [0.2, 0.25) is 0 Å². The maximum absolute atomic E-state index is 13.5. The molecule has 2 fully saturated rings. The number of amides is 1. The van der Waals surface area contributed by atoms with Gasteiger partial charge in [0.05, 0.1) is 0 Å². The fourth-order valence-electron chi connectivity index (χ4n) is 4.18. The second-order valence-electron chi connectivity index (χ2n) is 7.61. The summed E-state index contributed by atoms with van der Waals surface area (Å²) in [5.41, 5.74) is 1.10. The molecule has 4 rings (SSSR count). The molecule has 7 heteroatoms. The Kier molecular flexibility index (Phi) is 5.29. The number of fused-ring (bicyclic) bond motifs is 1. The SMILES string of the molecule is O=C(NCC(N1CCNCC1)C(F)(F)F)C1CC1c1cccc2ccccc12. The van der Waals surface area contributed by atoms with Crippen LogP contribution >= 0.6 is 0 Å². The van der Waals surface area contributed by atoms with Gasteiger partial charge in [0.2, 0.25) is 5.91 Å². The molecule has 1 aliphatic carbocycles. The number of halogens is 3. The number of carbonyl (C=O) groups is 1. The average Bonchev–Trinajstić information content (AvgIpc) is 3.48. The first-order valence-electron chi connectivity index (χ1n) is 9.72. The van der Waals surface area contributed by atoms with Gasteiger partial charge in [0.25, 0.3) is 0 Å². The molecular weight excluding hydrogens is 367 g/mol. The van der Waals surface area contributed by atoms with Crippen molar-refractivity contribution < 1.29 is 18.0 Å². The molecule has 1 heterocycles. The Morgan fingerprint density at radius 1 is 1.14 bits per heavy atom. The van der Waals surface area contributed by atoms with E-state index in [-0.39, 0.29) is 24.3 Å². The summed E-state index contributed by atoms with van der Waals surface area (Å²) in [5.74, 6) is -0.445. The second kappa shape index (κ2) is 7.72. The topological polar surface area (TPSA) is 44.4 Å². The van der Waals surface area contributed by atoms with Gasteiger partial charge in [-0.15, -0.1) is 0 Å². The number of carbonyl (C=O) groups excluding carboxylic acids is 1. The zero-order valence-electron chi connectivity index (χ0n) is 15.5. The summed E-state index contributed by atoms with van der Waals surface area (Å²) >= 11 is 0. The molecule has 2 aromatic carbocycles. The van der Waals surface area contributed by atoms with E-state index in [0.717, 1.165) is 16.3 Å². The first-order chi connectivity index (χ1) is 13.4. The zero-order valence-corrected chi connectivity index (χ0v) is 15.5. The highest BCUT2D eigenvalue weighted by molar-refractivity contribution is 5.89. The predicted molar refractivity (Wildman–Crippen MR) is 102 cm³/mol. The van der Waals surface area contributed by atoms with E-state index in [1.54, 1.807) is 0 Å². The number of nitrogens with one attached hydrogen (secondary N) is 2. The Labute approximate surface area is 162 Å². The number of alkyl halides is 3. The maximum Gasteiger partial charge on any atom is 0.405 e. The fraction of sp³-hybridized carbons (Fsp3) is 0.476. The molecule has 0 aromatic heterocycles. The maximum atomic E-state index is 13.5. The van der Waals surface area contributed by atoms with Crippen molar-refractivity contribution in [3.63, 3.8) is 0 Å². The van der Waals surface area contributed by atoms with Crippen molar-refractivity contribution in [2.75, 3.05) is 32.7 Å². The summed E-state index contributed by atoms with van der Waals surface area (Å²) in [5, 5.41) is 7.85. The molecule has 1 amide bonds. The average molecular weight is 391 g/mol. The zero-order chi connectivity index (χ0) is 19.7. The van der Waals surface area contributed by atoms with E-state index in [1.807, 2.05) is 42.5 Å². The third kappa shape index (κ3) is 4.00. The molecular formula is C21H24F3N3O. The Morgan fingerprint density at radius 3 is 2.61 bits per heavy atom. The Balaban J connectivity index is 1.40. The van der Waals surface area contributed by atoms with Crippen LogP contribution in [0.5, 0.6) is 0 Å². The van der Waals surface area contributed by atoms with Crippen molar-refractivity contribution in [1.29, 1.82) is 0 Å². The Bertz CT molecular complexity index is 843. The third-order valence-electron chi connectivity index (χ3n) is 5.79. The van der Waals surface area contributed by atoms with E-state index in [1.165, 1.54) is 4.90 Å². The number of benzene rings is 2. The highest BCUT2D eigenvalue weighted by atomic mass is 19.4. The van der Waals surface area contributed by atoms with Crippen molar-refractivity contribution >= 4 is 16.7 Å². The fourth-order valence-corrected chi connectivity index (χ4v) is 4.18. The monoisotopic (exact) mass is 391 g/mol. The van der Waals surface area contributed by atoms with E-state index >= 15 is 0 Å². The smallest absolute Gasteiger partial charge is 0.354 e. The quantitative estimate of drug-likeness (QED) is 0.824. The van der Waals surface area contributed by atoms with Gasteiger partial charge in [-0.2, -0.15) is 13.2 Å². The van der Waals surface area contributed by atoms with Gasteiger partial charge in [0, 0.05) is 38.6 Å². The molecule has 28 heavy (non-hydrogen) atoms. The first kappa shape index (κ1) is 19.2. The molecule has 2 aliphatic rings.